The van der Waals surface area contributed by atoms with Crippen molar-refractivity contribution in [2.45, 2.75) is 38.5 Å². The average Bonchev–Trinajstić information content (AvgIpc) is 2.71. The molecule has 0 bridgehead atoms. The van der Waals surface area contributed by atoms with Gasteiger partial charge in [0.25, 0.3) is 0 Å². The van der Waals surface area contributed by atoms with Gasteiger partial charge in [-0.15, -0.1) is 12.4 Å². The maximum atomic E-state index is 11.9. The van der Waals surface area contributed by atoms with Gasteiger partial charge in [-0.1, -0.05) is 60.7 Å². The summed E-state index contributed by atoms with van der Waals surface area (Å²) >= 11 is 0. The number of carbonyl (C=O) groups is 2. The van der Waals surface area contributed by atoms with Crippen molar-refractivity contribution in [3.05, 3.63) is 71.8 Å². The van der Waals surface area contributed by atoms with Crippen LogP contribution in [0.3, 0.4) is 0 Å². The first-order valence-corrected chi connectivity index (χ1v) is 9.06. The van der Waals surface area contributed by atoms with Crippen molar-refractivity contribution < 1.29 is 19.1 Å². The summed E-state index contributed by atoms with van der Waals surface area (Å²) in [7, 11) is 0. The van der Waals surface area contributed by atoms with Gasteiger partial charge >= 0.3 is 12.1 Å². The number of alkyl carbamates (subject to hydrolysis) is 1. The second-order valence-electron chi connectivity index (χ2n) is 6.18. The quantitative estimate of drug-likeness (QED) is 0.465. The van der Waals surface area contributed by atoms with E-state index in [2.05, 4.69) is 5.32 Å². The molecular weight excluding hydrogens is 380 g/mol. The highest BCUT2D eigenvalue weighted by Crippen LogP contribution is 2.05. The topological polar surface area (TPSA) is 90.6 Å². The van der Waals surface area contributed by atoms with E-state index in [1.165, 1.54) is 0 Å². The van der Waals surface area contributed by atoms with Crippen LogP contribution in [0.4, 0.5) is 4.79 Å². The zero-order valence-electron chi connectivity index (χ0n) is 15.7. The first kappa shape index (κ1) is 23.5. The summed E-state index contributed by atoms with van der Waals surface area (Å²) in [6.45, 7) is 0.937. The lowest BCUT2D eigenvalue weighted by atomic mass is 10.1. The number of carbonyl (C=O) groups excluding carboxylic acids is 2. The molecule has 0 aromatic heterocycles. The average molecular weight is 407 g/mol. The molecule has 0 heterocycles. The van der Waals surface area contributed by atoms with E-state index >= 15 is 0 Å². The lowest BCUT2D eigenvalue weighted by Crippen LogP contribution is -2.32. The Kier molecular flexibility index (Phi) is 11.4. The van der Waals surface area contributed by atoms with Crippen LogP contribution in [0, 0.1) is 0 Å². The number of hydrogen-bond donors (Lipinski definition) is 2. The number of ether oxygens (including phenoxy) is 2. The van der Waals surface area contributed by atoms with Crippen LogP contribution in [-0.4, -0.2) is 24.6 Å². The van der Waals surface area contributed by atoms with Gasteiger partial charge < -0.3 is 20.5 Å². The monoisotopic (exact) mass is 406 g/mol. The molecule has 1 amide bonds. The first-order chi connectivity index (χ1) is 13.1. The maximum Gasteiger partial charge on any atom is 0.407 e. The fourth-order valence-electron chi connectivity index (χ4n) is 2.41. The Morgan fingerprint density at radius 1 is 0.857 bits per heavy atom. The number of unbranched alkanes of at least 4 members (excludes halogenated alkanes) is 1. The molecule has 0 saturated carbocycles. The predicted octanol–water partition coefficient (Wildman–Crippen LogP) is 3.58. The molecule has 2 aromatic rings. The summed E-state index contributed by atoms with van der Waals surface area (Å²) in [4.78, 5) is 23.5. The third-order valence-corrected chi connectivity index (χ3v) is 3.95. The number of hydrogen-bond acceptors (Lipinski definition) is 5. The number of amides is 1. The number of rotatable bonds is 10. The lowest BCUT2D eigenvalue weighted by Gasteiger charge is -2.12. The minimum atomic E-state index is -0.654. The van der Waals surface area contributed by atoms with E-state index in [4.69, 9.17) is 15.2 Å². The summed E-state index contributed by atoms with van der Waals surface area (Å²) in [5, 5.41) is 2.68. The Bertz CT molecular complexity index is 698. The maximum absolute atomic E-state index is 11.9. The molecule has 1 atom stereocenters. The van der Waals surface area contributed by atoms with Gasteiger partial charge in [0.15, 0.2) is 0 Å². The molecule has 2 aromatic carbocycles. The van der Waals surface area contributed by atoms with Gasteiger partial charge in [-0.05, 0) is 30.4 Å². The standard InChI is InChI=1S/C21H26N2O4.ClH/c22-19(20(24)26-15-17-9-3-1-4-10-17)13-7-8-14-23-21(25)27-16-18-11-5-2-6-12-18;/h1-6,9-12,19H,7-8,13-16,22H2,(H,23,25);1H/t19-;/m0./s1. The van der Waals surface area contributed by atoms with Gasteiger partial charge in [0.05, 0.1) is 0 Å². The predicted molar refractivity (Wildman–Crippen MR) is 110 cm³/mol. The van der Waals surface area contributed by atoms with E-state index in [9.17, 15) is 9.59 Å². The number of esters is 1. The van der Waals surface area contributed by atoms with Crippen molar-refractivity contribution in [3.8, 4) is 0 Å². The minimum absolute atomic E-state index is 0. The molecule has 0 fully saturated rings. The largest absolute Gasteiger partial charge is 0.460 e. The van der Waals surface area contributed by atoms with Crippen molar-refractivity contribution in [1.82, 2.24) is 5.32 Å². The third kappa shape index (κ3) is 9.39. The second-order valence-corrected chi connectivity index (χ2v) is 6.18. The minimum Gasteiger partial charge on any atom is -0.460 e. The number of nitrogens with one attached hydrogen (secondary N) is 1. The zero-order chi connectivity index (χ0) is 19.3. The van der Waals surface area contributed by atoms with Crippen LogP contribution < -0.4 is 11.1 Å². The summed E-state index contributed by atoms with van der Waals surface area (Å²) in [6.07, 6.45) is 1.47. The summed E-state index contributed by atoms with van der Waals surface area (Å²) in [6, 6.07) is 18.3. The normalized spacial score (nSPS) is 11.0. The molecule has 0 aliphatic heterocycles. The van der Waals surface area contributed by atoms with Crippen LogP contribution >= 0.6 is 12.4 Å². The number of benzene rings is 2. The van der Waals surface area contributed by atoms with Crippen LogP contribution in [0.5, 0.6) is 0 Å². The lowest BCUT2D eigenvalue weighted by molar-refractivity contribution is -0.146. The highest BCUT2D eigenvalue weighted by atomic mass is 35.5. The van der Waals surface area contributed by atoms with Crippen molar-refractivity contribution in [2.75, 3.05) is 6.54 Å². The van der Waals surface area contributed by atoms with Crippen molar-refractivity contribution >= 4 is 24.5 Å². The van der Waals surface area contributed by atoms with Crippen LogP contribution in [-0.2, 0) is 27.5 Å². The highest BCUT2D eigenvalue weighted by Gasteiger charge is 2.14. The van der Waals surface area contributed by atoms with Crippen molar-refractivity contribution in [3.63, 3.8) is 0 Å². The Labute approximate surface area is 171 Å². The third-order valence-electron chi connectivity index (χ3n) is 3.95. The first-order valence-electron chi connectivity index (χ1n) is 9.06. The molecule has 6 nitrogen and oxygen atoms in total. The molecule has 0 aliphatic carbocycles. The molecule has 152 valence electrons. The van der Waals surface area contributed by atoms with E-state index in [1.807, 2.05) is 60.7 Å². The van der Waals surface area contributed by atoms with Crippen LogP contribution in [0.2, 0.25) is 0 Å². The SMILES string of the molecule is Cl.N[C@@H](CCCCNC(=O)OCc1ccccc1)C(=O)OCc1ccccc1. The van der Waals surface area contributed by atoms with Crippen molar-refractivity contribution in [2.24, 2.45) is 5.73 Å². The van der Waals surface area contributed by atoms with Gasteiger partial charge in [0.2, 0.25) is 0 Å². The summed E-state index contributed by atoms with van der Waals surface area (Å²) in [5.74, 6) is -0.408. The van der Waals surface area contributed by atoms with Gasteiger partial charge in [0.1, 0.15) is 19.3 Å². The Morgan fingerprint density at radius 2 is 1.39 bits per heavy atom. The van der Waals surface area contributed by atoms with Gasteiger partial charge in [-0.25, -0.2) is 4.79 Å². The van der Waals surface area contributed by atoms with E-state index in [0.29, 0.717) is 25.8 Å². The van der Waals surface area contributed by atoms with Crippen LogP contribution in [0.15, 0.2) is 60.7 Å². The molecule has 0 radical (unpaired) electrons. The Morgan fingerprint density at radius 3 is 1.96 bits per heavy atom. The molecule has 0 spiro atoms. The molecule has 28 heavy (non-hydrogen) atoms. The van der Waals surface area contributed by atoms with E-state index in [-0.39, 0.29) is 25.6 Å². The molecule has 7 heteroatoms. The molecule has 0 unspecified atom stereocenters. The molecule has 2 rings (SSSR count). The molecule has 3 N–H and O–H groups in total. The van der Waals surface area contributed by atoms with Gasteiger partial charge in [-0.3, -0.25) is 4.79 Å². The van der Waals surface area contributed by atoms with E-state index < -0.39 is 18.1 Å². The summed E-state index contributed by atoms with van der Waals surface area (Å²) < 4.78 is 10.3. The summed E-state index contributed by atoms with van der Waals surface area (Å²) in [5.41, 5.74) is 7.71. The number of halogens is 1. The van der Waals surface area contributed by atoms with E-state index in [0.717, 1.165) is 11.1 Å². The highest BCUT2D eigenvalue weighted by molar-refractivity contribution is 5.85. The molecule has 0 aliphatic rings. The zero-order valence-corrected chi connectivity index (χ0v) is 16.5. The van der Waals surface area contributed by atoms with Crippen LogP contribution in [0.25, 0.3) is 0 Å². The Hall–Kier alpha value is -2.57. The van der Waals surface area contributed by atoms with Gasteiger partial charge in [0, 0.05) is 6.54 Å². The van der Waals surface area contributed by atoms with Crippen LogP contribution in [0.1, 0.15) is 30.4 Å². The smallest absolute Gasteiger partial charge is 0.407 e. The fraction of sp³-hybridized carbons (Fsp3) is 0.333. The van der Waals surface area contributed by atoms with Gasteiger partial charge in [-0.2, -0.15) is 0 Å². The second kappa shape index (κ2) is 13.6. The number of nitrogens with two attached hydrogens (primary N) is 1. The van der Waals surface area contributed by atoms with E-state index in [1.54, 1.807) is 0 Å². The molecular formula is C21H27ClN2O4. The Balaban J connectivity index is 0.00000392. The molecule has 0 saturated heterocycles. The van der Waals surface area contributed by atoms with Crippen molar-refractivity contribution in [1.29, 1.82) is 0 Å². The fourth-order valence-corrected chi connectivity index (χ4v) is 2.41.